The van der Waals surface area contributed by atoms with Crippen LogP contribution in [-0.2, 0) is 0 Å². The van der Waals surface area contributed by atoms with Crippen LogP contribution >= 0.6 is 22.9 Å². The quantitative estimate of drug-likeness (QED) is 0.904. The van der Waals surface area contributed by atoms with Crippen molar-refractivity contribution in [2.75, 3.05) is 0 Å². The van der Waals surface area contributed by atoms with Crippen LogP contribution in [0.1, 0.15) is 9.67 Å². The molecule has 0 atom stereocenters. The van der Waals surface area contributed by atoms with Gasteiger partial charge >= 0.3 is 5.97 Å². The van der Waals surface area contributed by atoms with Crippen molar-refractivity contribution in [1.29, 1.82) is 0 Å². The van der Waals surface area contributed by atoms with Crippen molar-refractivity contribution in [3.63, 3.8) is 0 Å². The standard InChI is InChI=1S/C11H7ClO3S/c12-7-2-1-3-8(4-7)15-9-5-10(11(13)14)16-6-9/h1-6H,(H,13,14). The van der Waals surface area contributed by atoms with Crippen LogP contribution in [0.5, 0.6) is 11.5 Å². The van der Waals surface area contributed by atoms with Crippen LogP contribution in [0.4, 0.5) is 0 Å². The first kappa shape index (κ1) is 11.0. The monoisotopic (exact) mass is 254 g/mol. The Morgan fingerprint density at radius 1 is 1.31 bits per heavy atom. The lowest BCUT2D eigenvalue weighted by molar-refractivity contribution is 0.0702. The highest BCUT2D eigenvalue weighted by molar-refractivity contribution is 7.12. The van der Waals surface area contributed by atoms with Gasteiger partial charge in [-0.1, -0.05) is 17.7 Å². The maximum Gasteiger partial charge on any atom is 0.346 e. The Labute approximate surface area is 101 Å². The number of hydrogen-bond acceptors (Lipinski definition) is 3. The van der Waals surface area contributed by atoms with E-state index >= 15 is 0 Å². The molecule has 2 rings (SSSR count). The van der Waals surface area contributed by atoms with Gasteiger partial charge in [0.1, 0.15) is 16.4 Å². The van der Waals surface area contributed by atoms with Crippen LogP contribution in [0, 0.1) is 0 Å². The number of carbonyl (C=O) groups is 1. The van der Waals surface area contributed by atoms with Crippen molar-refractivity contribution >= 4 is 28.9 Å². The van der Waals surface area contributed by atoms with Crippen LogP contribution < -0.4 is 4.74 Å². The van der Waals surface area contributed by atoms with Crippen LogP contribution in [0.15, 0.2) is 35.7 Å². The molecule has 3 nitrogen and oxygen atoms in total. The first-order chi connectivity index (χ1) is 7.65. The van der Waals surface area contributed by atoms with Gasteiger partial charge in [-0.3, -0.25) is 0 Å². The molecule has 16 heavy (non-hydrogen) atoms. The minimum atomic E-state index is -0.953. The predicted molar refractivity (Wildman–Crippen MR) is 62.8 cm³/mol. The van der Waals surface area contributed by atoms with Gasteiger partial charge < -0.3 is 9.84 Å². The Kier molecular flexibility index (Phi) is 3.12. The lowest BCUT2D eigenvalue weighted by Crippen LogP contribution is -1.90. The molecule has 5 heteroatoms. The van der Waals surface area contributed by atoms with Crippen molar-refractivity contribution in [1.82, 2.24) is 0 Å². The molecule has 1 heterocycles. The van der Waals surface area contributed by atoms with Gasteiger partial charge in [0.2, 0.25) is 0 Å². The number of ether oxygens (including phenoxy) is 1. The second kappa shape index (κ2) is 4.55. The molecule has 0 aliphatic rings. The van der Waals surface area contributed by atoms with Crippen molar-refractivity contribution in [3.8, 4) is 11.5 Å². The molecule has 0 aliphatic carbocycles. The number of halogens is 1. The molecule has 0 aliphatic heterocycles. The molecule has 1 N–H and O–H groups in total. The fourth-order valence-electron chi connectivity index (χ4n) is 1.15. The Hall–Kier alpha value is -1.52. The Morgan fingerprint density at radius 3 is 2.75 bits per heavy atom. The highest BCUT2D eigenvalue weighted by Crippen LogP contribution is 2.28. The Morgan fingerprint density at radius 2 is 2.12 bits per heavy atom. The summed E-state index contributed by atoms with van der Waals surface area (Å²) in [5.74, 6) is 0.137. The molecule has 0 fully saturated rings. The van der Waals surface area contributed by atoms with Gasteiger partial charge in [-0.05, 0) is 18.2 Å². The average molecular weight is 255 g/mol. The lowest BCUT2D eigenvalue weighted by atomic mass is 10.3. The summed E-state index contributed by atoms with van der Waals surface area (Å²) in [7, 11) is 0. The normalized spacial score (nSPS) is 10.1. The largest absolute Gasteiger partial charge is 0.477 e. The van der Waals surface area contributed by atoms with Gasteiger partial charge in [0.25, 0.3) is 0 Å². The smallest absolute Gasteiger partial charge is 0.346 e. The van der Waals surface area contributed by atoms with E-state index in [1.807, 2.05) is 0 Å². The van der Waals surface area contributed by atoms with Crippen molar-refractivity contribution < 1.29 is 14.6 Å². The second-order valence-electron chi connectivity index (χ2n) is 3.01. The first-order valence-corrected chi connectivity index (χ1v) is 5.66. The number of carboxylic acids is 1. The molecule has 0 saturated carbocycles. The van der Waals surface area contributed by atoms with Gasteiger partial charge in [0.05, 0.1) is 0 Å². The molecule has 0 radical (unpaired) electrons. The highest BCUT2D eigenvalue weighted by Gasteiger charge is 2.08. The minimum Gasteiger partial charge on any atom is -0.477 e. The van der Waals surface area contributed by atoms with E-state index in [0.717, 1.165) is 11.3 Å². The van der Waals surface area contributed by atoms with E-state index in [0.29, 0.717) is 16.5 Å². The second-order valence-corrected chi connectivity index (χ2v) is 4.36. The molecule has 2 aromatic rings. The van der Waals surface area contributed by atoms with Crippen molar-refractivity contribution in [2.24, 2.45) is 0 Å². The summed E-state index contributed by atoms with van der Waals surface area (Å²) in [6.45, 7) is 0. The summed E-state index contributed by atoms with van der Waals surface area (Å²) in [6.07, 6.45) is 0. The number of benzene rings is 1. The summed E-state index contributed by atoms with van der Waals surface area (Å²) >= 11 is 6.92. The maximum absolute atomic E-state index is 10.7. The van der Waals surface area contributed by atoms with Crippen LogP contribution in [-0.4, -0.2) is 11.1 Å². The molecule has 82 valence electrons. The van der Waals surface area contributed by atoms with Crippen molar-refractivity contribution in [3.05, 3.63) is 45.6 Å². The number of aromatic carboxylic acids is 1. The van der Waals surface area contributed by atoms with Gasteiger partial charge in [-0.15, -0.1) is 11.3 Å². The molecule has 0 saturated heterocycles. The molecule has 1 aromatic carbocycles. The lowest BCUT2D eigenvalue weighted by Gasteiger charge is -2.02. The van der Waals surface area contributed by atoms with E-state index in [4.69, 9.17) is 21.4 Å². The molecule has 0 amide bonds. The highest BCUT2D eigenvalue weighted by atomic mass is 35.5. The number of carboxylic acid groups (broad SMARTS) is 1. The van der Waals surface area contributed by atoms with Crippen LogP contribution in [0.3, 0.4) is 0 Å². The Bertz CT molecular complexity index is 521. The molecule has 0 bridgehead atoms. The summed E-state index contributed by atoms with van der Waals surface area (Å²) in [5, 5.41) is 11.0. The minimum absolute atomic E-state index is 0.247. The van der Waals surface area contributed by atoms with Gasteiger partial charge in [0.15, 0.2) is 0 Å². The third-order valence-electron chi connectivity index (χ3n) is 1.82. The first-order valence-electron chi connectivity index (χ1n) is 4.40. The summed E-state index contributed by atoms with van der Waals surface area (Å²) in [4.78, 5) is 10.9. The molecule has 1 aromatic heterocycles. The average Bonchev–Trinajstić information content (AvgIpc) is 2.66. The van der Waals surface area contributed by atoms with E-state index in [-0.39, 0.29) is 4.88 Å². The predicted octanol–water partition coefficient (Wildman–Crippen LogP) is 3.89. The SMILES string of the molecule is O=C(O)c1cc(Oc2cccc(Cl)c2)cs1. The van der Waals surface area contributed by atoms with Crippen LogP contribution in [0.25, 0.3) is 0 Å². The zero-order valence-electron chi connectivity index (χ0n) is 8.01. The molecular weight excluding hydrogens is 248 g/mol. The number of thiophene rings is 1. The summed E-state index contributed by atoms with van der Waals surface area (Å²) in [6, 6.07) is 8.41. The maximum atomic E-state index is 10.7. The molecule has 0 unspecified atom stereocenters. The van der Waals surface area contributed by atoms with Gasteiger partial charge in [-0.2, -0.15) is 0 Å². The Balaban J connectivity index is 2.17. The third-order valence-corrected chi connectivity index (χ3v) is 2.95. The van der Waals surface area contributed by atoms with Crippen LogP contribution in [0.2, 0.25) is 5.02 Å². The van der Waals surface area contributed by atoms with E-state index in [1.165, 1.54) is 6.07 Å². The molecular formula is C11H7ClO3S. The fourth-order valence-corrected chi connectivity index (χ4v) is 1.98. The van der Waals surface area contributed by atoms with Crippen molar-refractivity contribution in [2.45, 2.75) is 0 Å². The molecule has 0 spiro atoms. The third kappa shape index (κ3) is 2.53. The summed E-state index contributed by atoms with van der Waals surface area (Å²) in [5.41, 5.74) is 0. The van der Waals surface area contributed by atoms with Gasteiger partial charge in [-0.25, -0.2) is 4.79 Å². The summed E-state index contributed by atoms with van der Waals surface area (Å²) < 4.78 is 5.45. The van der Waals surface area contributed by atoms with E-state index in [9.17, 15) is 4.79 Å². The van der Waals surface area contributed by atoms with E-state index in [1.54, 1.807) is 29.6 Å². The topological polar surface area (TPSA) is 46.5 Å². The van der Waals surface area contributed by atoms with Gasteiger partial charge in [0, 0.05) is 16.5 Å². The fraction of sp³-hybridized carbons (Fsp3) is 0. The number of rotatable bonds is 3. The zero-order chi connectivity index (χ0) is 11.5. The van der Waals surface area contributed by atoms with E-state index < -0.39 is 5.97 Å². The number of hydrogen-bond donors (Lipinski definition) is 1. The zero-order valence-corrected chi connectivity index (χ0v) is 9.59. The van der Waals surface area contributed by atoms with E-state index in [2.05, 4.69) is 0 Å².